The number of carbonyl (C=O) groups is 1. The normalized spacial score (nSPS) is 10.2. The van der Waals surface area contributed by atoms with Crippen LogP contribution in [-0.2, 0) is 4.79 Å². The Kier molecular flexibility index (Phi) is 4.35. The average molecular weight is 223 g/mol. The molecule has 5 heteroatoms. The molecule has 0 saturated heterocycles. The topological polar surface area (TPSA) is 67.8 Å². The number of ether oxygens (including phenoxy) is 2. The summed E-state index contributed by atoms with van der Waals surface area (Å²) in [5.74, 6) is 0.607. The molecule has 1 aromatic carbocycles. The van der Waals surface area contributed by atoms with Crippen LogP contribution in [0.25, 0.3) is 6.08 Å². The zero-order valence-corrected chi connectivity index (χ0v) is 9.06. The number of nitrogens with one attached hydrogen (secondary N) is 1. The van der Waals surface area contributed by atoms with Gasteiger partial charge in [-0.1, -0.05) is 6.07 Å². The van der Waals surface area contributed by atoms with Crippen molar-refractivity contribution in [2.45, 2.75) is 0 Å². The lowest BCUT2D eigenvalue weighted by molar-refractivity contribution is -0.124. The van der Waals surface area contributed by atoms with Crippen LogP contribution in [0.2, 0.25) is 0 Å². The number of benzene rings is 1. The van der Waals surface area contributed by atoms with Crippen LogP contribution in [0.5, 0.6) is 11.5 Å². The summed E-state index contributed by atoms with van der Waals surface area (Å²) < 4.78 is 10.2. The Balaban J connectivity index is 2.91. The van der Waals surface area contributed by atoms with E-state index in [-0.39, 0.29) is 0 Å². The van der Waals surface area contributed by atoms with Crippen molar-refractivity contribution >= 4 is 12.0 Å². The van der Waals surface area contributed by atoms with E-state index in [2.05, 4.69) is 0 Å². The van der Waals surface area contributed by atoms with Gasteiger partial charge in [0.1, 0.15) is 0 Å². The van der Waals surface area contributed by atoms with Crippen molar-refractivity contribution in [1.29, 1.82) is 0 Å². The van der Waals surface area contributed by atoms with Crippen molar-refractivity contribution in [2.24, 2.45) is 0 Å². The molecule has 0 aliphatic carbocycles. The van der Waals surface area contributed by atoms with Crippen molar-refractivity contribution in [3.05, 3.63) is 29.8 Å². The minimum absolute atomic E-state index is 0.578. The number of hydrogen-bond acceptors (Lipinski definition) is 4. The standard InChI is InChI=1S/C11H13NO4/c1-15-9-5-3-8(7-10(9)16-2)4-6-11(13)12-14/h3-7,14H,1-2H3,(H,12,13)/b6-4+. The molecule has 16 heavy (non-hydrogen) atoms. The second kappa shape index (κ2) is 5.77. The number of hydrogen-bond donors (Lipinski definition) is 2. The van der Waals surface area contributed by atoms with Gasteiger partial charge in [0.15, 0.2) is 11.5 Å². The molecule has 0 aromatic heterocycles. The van der Waals surface area contributed by atoms with E-state index in [0.29, 0.717) is 11.5 Å². The zero-order chi connectivity index (χ0) is 12.0. The van der Waals surface area contributed by atoms with Gasteiger partial charge in [0.25, 0.3) is 5.91 Å². The summed E-state index contributed by atoms with van der Waals surface area (Å²) in [7, 11) is 3.08. The molecule has 0 radical (unpaired) electrons. The maximum absolute atomic E-state index is 10.8. The van der Waals surface area contributed by atoms with Gasteiger partial charge >= 0.3 is 0 Å². The summed E-state index contributed by atoms with van der Waals surface area (Å²) in [6.07, 6.45) is 2.76. The molecule has 0 spiro atoms. The second-order valence-electron chi connectivity index (χ2n) is 2.92. The Morgan fingerprint density at radius 1 is 1.31 bits per heavy atom. The van der Waals surface area contributed by atoms with Crippen molar-refractivity contribution < 1.29 is 19.5 Å². The lowest BCUT2D eigenvalue weighted by atomic mass is 10.2. The van der Waals surface area contributed by atoms with E-state index in [1.807, 2.05) is 0 Å². The van der Waals surface area contributed by atoms with E-state index < -0.39 is 5.91 Å². The molecule has 5 nitrogen and oxygen atoms in total. The summed E-state index contributed by atoms with van der Waals surface area (Å²) in [6, 6.07) is 5.22. The molecule has 2 N–H and O–H groups in total. The smallest absolute Gasteiger partial charge is 0.267 e. The Labute approximate surface area is 93.3 Å². The molecule has 0 atom stereocenters. The Morgan fingerprint density at radius 3 is 2.56 bits per heavy atom. The van der Waals surface area contributed by atoms with Gasteiger partial charge in [0, 0.05) is 6.08 Å². The van der Waals surface area contributed by atoms with Crippen molar-refractivity contribution in [3.8, 4) is 11.5 Å². The molecule has 0 saturated carbocycles. The first-order chi connectivity index (χ1) is 7.71. The molecule has 86 valence electrons. The predicted octanol–water partition coefficient (Wildman–Crippen LogP) is 1.22. The number of amides is 1. The molecule has 0 aliphatic rings. The summed E-state index contributed by atoms with van der Waals surface area (Å²) >= 11 is 0. The summed E-state index contributed by atoms with van der Waals surface area (Å²) in [6.45, 7) is 0. The molecule has 0 aliphatic heterocycles. The molecule has 1 rings (SSSR count). The quantitative estimate of drug-likeness (QED) is 0.457. The Bertz CT molecular complexity index is 401. The molecular formula is C11H13NO4. The molecule has 0 unspecified atom stereocenters. The first-order valence-corrected chi connectivity index (χ1v) is 4.55. The van der Waals surface area contributed by atoms with E-state index in [9.17, 15) is 4.79 Å². The maximum atomic E-state index is 10.8. The average Bonchev–Trinajstić information content (AvgIpc) is 2.35. The molecule has 0 heterocycles. The highest BCUT2D eigenvalue weighted by Gasteiger charge is 2.02. The van der Waals surface area contributed by atoms with Gasteiger partial charge in [0.2, 0.25) is 0 Å². The summed E-state index contributed by atoms with van der Waals surface area (Å²) in [5.41, 5.74) is 2.27. The van der Waals surface area contributed by atoms with Crippen molar-refractivity contribution in [2.75, 3.05) is 14.2 Å². The lowest BCUT2D eigenvalue weighted by Gasteiger charge is -2.07. The van der Waals surface area contributed by atoms with E-state index >= 15 is 0 Å². The van der Waals surface area contributed by atoms with Crippen LogP contribution in [0.3, 0.4) is 0 Å². The van der Waals surface area contributed by atoms with Crippen LogP contribution in [-0.4, -0.2) is 25.3 Å². The lowest BCUT2D eigenvalue weighted by Crippen LogP contribution is -2.14. The monoisotopic (exact) mass is 223 g/mol. The number of carbonyl (C=O) groups excluding carboxylic acids is 1. The van der Waals surface area contributed by atoms with E-state index in [1.54, 1.807) is 31.4 Å². The SMILES string of the molecule is COc1ccc(/C=C/C(=O)NO)cc1OC. The fraction of sp³-hybridized carbons (Fsp3) is 0.182. The highest BCUT2D eigenvalue weighted by atomic mass is 16.5. The number of rotatable bonds is 4. The van der Waals surface area contributed by atoms with Gasteiger partial charge < -0.3 is 9.47 Å². The van der Waals surface area contributed by atoms with Crippen LogP contribution in [0.4, 0.5) is 0 Å². The highest BCUT2D eigenvalue weighted by Crippen LogP contribution is 2.27. The number of hydroxylamine groups is 1. The highest BCUT2D eigenvalue weighted by molar-refractivity contribution is 5.90. The summed E-state index contributed by atoms with van der Waals surface area (Å²) in [4.78, 5) is 10.8. The van der Waals surface area contributed by atoms with Crippen LogP contribution < -0.4 is 15.0 Å². The minimum atomic E-state index is -0.588. The third-order valence-corrected chi connectivity index (χ3v) is 1.94. The van der Waals surface area contributed by atoms with E-state index in [1.165, 1.54) is 18.7 Å². The van der Waals surface area contributed by atoms with Gasteiger partial charge in [-0.2, -0.15) is 0 Å². The summed E-state index contributed by atoms with van der Waals surface area (Å²) in [5, 5.41) is 8.30. The maximum Gasteiger partial charge on any atom is 0.267 e. The third-order valence-electron chi connectivity index (χ3n) is 1.94. The first-order valence-electron chi connectivity index (χ1n) is 4.55. The van der Waals surface area contributed by atoms with Crippen LogP contribution in [0.15, 0.2) is 24.3 Å². The predicted molar refractivity (Wildman–Crippen MR) is 58.5 cm³/mol. The fourth-order valence-corrected chi connectivity index (χ4v) is 1.17. The second-order valence-corrected chi connectivity index (χ2v) is 2.92. The van der Waals surface area contributed by atoms with Gasteiger partial charge in [-0.05, 0) is 23.8 Å². The van der Waals surface area contributed by atoms with E-state index in [0.717, 1.165) is 5.56 Å². The molecule has 1 amide bonds. The zero-order valence-electron chi connectivity index (χ0n) is 9.06. The molecule has 0 fully saturated rings. The largest absolute Gasteiger partial charge is 0.493 e. The Hall–Kier alpha value is -2.01. The van der Waals surface area contributed by atoms with Gasteiger partial charge in [-0.25, -0.2) is 5.48 Å². The molecular weight excluding hydrogens is 210 g/mol. The minimum Gasteiger partial charge on any atom is -0.493 e. The van der Waals surface area contributed by atoms with Crippen molar-refractivity contribution in [1.82, 2.24) is 5.48 Å². The van der Waals surface area contributed by atoms with Crippen molar-refractivity contribution in [3.63, 3.8) is 0 Å². The van der Waals surface area contributed by atoms with Gasteiger partial charge in [-0.15, -0.1) is 0 Å². The van der Waals surface area contributed by atoms with E-state index in [4.69, 9.17) is 14.7 Å². The fourth-order valence-electron chi connectivity index (χ4n) is 1.17. The molecule has 0 bridgehead atoms. The van der Waals surface area contributed by atoms with Crippen LogP contribution in [0.1, 0.15) is 5.56 Å². The van der Waals surface area contributed by atoms with Crippen LogP contribution >= 0.6 is 0 Å². The van der Waals surface area contributed by atoms with Gasteiger partial charge in [0.05, 0.1) is 14.2 Å². The molecule has 1 aromatic rings. The Morgan fingerprint density at radius 2 is 2.00 bits per heavy atom. The first kappa shape index (κ1) is 12.1. The third kappa shape index (κ3) is 2.99. The number of methoxy groups -OCH3 is 2. The van der Waals surface area contributed by atoms with Gasteiger partial charge in [-0.3, -0.25) is 10.0 Å². The van der Waals surface area contributed by atoms with Crippen LogP contribution in [0, 0.1) is 0 Å².